The van der Waals surface area contributed by atoms with Crippen molar-refractivity contribution >= 4 is 20.7 Å². The van der Waals surface area contributed by atoms with Gasteiger partial charge in [-0.25, -0.2) is 31.6 Å². The molecule has 3 aromatic heterocycles. The van der Waals surface area contributed by atoms with E-state index in [1.807, 2.05) is 0 Å². The van der Waals surface area contributed by atoms with E-state index in [4.69, 9.17) is 0 Å². The number of sulfone groups is 1. The number of hydrogen-bond donors (Lipinski definition) is 2. The predicted octanol–water partition coefficient (Wildman–Crippen LogP) is 3.74. The van der Waals surface area contributed by atoms with Gasteiger partial charge in [-0.15, -0.1) is 0 Å². The van der Waals surface area contributed by atoms with E-state index in [-0.39, 0.29) is 21.8 Å². The van der Waals surface area contributed by atoms with Gasteiger partial charge in [0.15, 0.2) is 11.6 Å². The number of nitrogens with one attached hydrogen (secondary N) is 2. The highest BCUT2D eigenvalue weighted by Gasteiger charge is 2.26. The molecule has 0 radical (unpaired) electrons. The first-order valence-corrected chi connectivity index (χ1v) is 11.3. The van der Waals surface area contributed by atoms with Crippen molar-refractivity contribution in [3.05, 3.63) is 72.1 Å². The smallest absolute Gasteiger partial charge is 0.227 e. The Kier molecular flexibility index (Phi) is 4.81. The largest absolute Gasteiger partial charge is 0.343 e. The molecular weight excluding hydrogens is 457 g/mol. The quantitative estimate of drug-likeness (QED) is 0.405. The molecule has 0 bridgehead atoms. The number of nitrogens with zero attached hydrogens (tertiary/aromatic N) is 4. The van der Waals surface area contributed by atoms with Gasteiger partial charge in [-0.3, -0.25) is 5.10 Å². The number of fused-ring (bicyclic) bond motifs is 1. The van der Waals surface area contributed by atoms with Crippen LogP contribution < -0.4 is 0 Å². The van der Waals surface area contributed by atoms with E-state index in [9.17, 15) is 12.8 Å². The Balaban J connectivity index is 1.62. The summed E-state index contributed by atoms with van der Waals surface area (Å²) >= 11 is 0. The maximum atomic E-state index is 15.4. The van der Waals surface area contributed by atoms with Crippen LogP contribution in [0, 0.1) is 17.5 Å². The maximum absolute atomic E-state index is 15.4. The average molecular weight is 472 g/mol. The lowest BCUT2D eigenvalue weighted by Crippen LogP contribution is -2.12. The Hall–Kier alpha value is -3.93. The summed E-state index contributed by atoms with van der Waals surface area (Å²) in [5.74, 6) is -3.52. The van der Waals surface area contributed by atoms with Crippen molar-refractivity contribution in [1.82, 2.24) is 29.7 Å². The summed E-state index contributed by atoms with van der Waals surface area (Å²) in [4.78, 5) is 10.7. The predicted molar refractivity (Wildman–Crippen MR) is 113 cm³/mol. The second kappa shape index (κ2) is 7.59. The summed E-state index contributed by atoms with van der Waals surface area (Å²) in [5.41, 5.74) is -1.09. The molecule has 0 fully saturated rings. The minimum absolute atomic E-state index is 0.135. The van der Waals surface area contributed by atoms with Gasteiger partial charge in [0.1, 0.15) is 22.8 Å². The third kappa shape index (κ3) is 3.39. The molecule has 12 heteroatoms. The number of halogens is 3. The topological polar surface area (TPSA) is 109 Å². The van der Waals surface area contributed by atoms with E-state index in [1.165, 1.54) is 42.3 Å². The molecule has 0 aliphatic carbocycles. The number of aryl methyl sites for hydroxylation is 1. The molecule has 5 aromatic rings. The Morgan fingerprint density at radius 2 is 1.85 bits per heavy atom. The van der Waals surface area contributed by atoms with Crippen LogP contribution in [0.5, 0.6) is 0 Å². The Bertz CT molecular complexity index is 1610. The molecule has 3 heterocycles. The van der Waals surface area contributed by atoms with Gasteiger partial charge in [0.25, 0.3) is 0 Å². The molecule has 2 aromatic carbocycles. The van der Waals surface area contributed by atoms with Gasteiger partial charge in [0, 0.05) is 48.3 Å². The standard InChI is InChI=1S/C21H15F3N6O2S/c1-30-9-8-27-21(30)33(31,32)10-11-2-5-14(22)15(16(11)23)12-3-4-13-18(17(12)24)28-29-19(13)20-25-6-7-26-20/h2-9H,10H2,1H3,(H,25,26)(H,28,29). The third-order valence-electron chi connectivity index (χ3n) is 5.24. The normalized spacial score (nSPS) is 12.0. The van der Waals surface area contributed by atoms with Gasteiger partial charge in [-0.05, 0) is 12.1 Å². The van der Waals surface area contributed by atoms with Crippen LogP contribution in [0.1, 0.15) is 5.56 Å². The van der Waals surface area contributed by atoms with Crippen molar-refractivity contribution in [2.24, 2.45) is 7.05 Å². The van der Waals surface area contributed by atoms with Gasteiger partial charge in [0.2, 0.25) is 15.0 Å². The molecule has 0 spiro atoms. The fourth-order valence-electron chi connectivity index (χ4n) is 3.70. The lowest BCUT2D eigenvalue weighted by atomic mass is 9.99. The Morgan fingerprint density at radius 3 is 2.55 bits per heavy atom. The van der Waals surface area contributed by atoms with Crippen LogP contribution >= 0.6 is 0 Å². The zero-order valence-electron chi connectivity index (χ0n) is 17.0. The van der Waals surface area contributed by atoms with Crippen molar-refractivity contribution in [1.29, 1.82) is 0 Å². The van der Waals surface area contributed by atoms with E-state index in [2.05, 4.69) is 25.1 Å². The fourth-order valence-corrected chi connectivity index (χ4v) is 5.18. The molecule has 0 unspecified atom stereocenters. The lowest BCUT2D eigenvalue weighted by molar-refractivity contribution is 0.564. The highest BCUT2D eigenvalue weighted by atomic mass is 32.2. The van der Waals surface area contributed by atoms with Gasteiger partial charge < -0.3 is 9.55 Å². The lowest BCUT2D eigenvalue weighted by Gasteiger charge is -2.12. The molecule has 0 saturated heterocycles. The van der Waals surface area contributed by atoms with Crippen molar-refractivity contribution < 1.29 is 21.6 Å². The maximum Gasteiger partial charge on any atom is 0.227 e. The number of H-pyrrole nitrogens is 2. The number of imidazole rings is 2. The van der Waals surface area contributed by atoms with Crippen LogP contribution in [-0.4, -0.2) is 38.1 Å². The molecule has 8 nitrogen and oxygen atoms in total. The van der Waals surface area contributed by atoms with E-state index < -0.39 is 38.6 Å². The highest BCUT2D eigenvalue weighted by molar-refractivity contribution is 7.90. The number of aromatic amines is 2. The van der Waals surface area contributed by atoms with Gasteiger partial charge >= 0.3 is 0 Å². The first-order valence-electron chi connectivity index (χ1n) is 9.61. The van der Waals surface area contributed by atoms with E-state index >= 15 is 8.78 Å². The van der Waals surface area contributed by atoms with Crippen LogP contribution in [0.2, 0.25) is 0 Å². The SMILES string of the molecule is Cn1ccnc1S(=O)(=O)Cc1ccc(F)c(-c2ccc3c(-c4ncc[nH]4)[nH]nc3c2F)c1F. The fraction of sp³-hybridized carbons (Fsp3) is 0.0952. The van der Waals surface area contributed by atoms with Crippen LogP contribution in [0.4, 0.5) is 13.2 Å². The first-order chi connectivity index (χ1) is 15.8. The van der Waals surface area contributed by atoms with Crippen LogP contribution in [0.15, 0.2) is 54.2 Å². The van der Waals surface area contributed by atoms with E-state index in [1.54, 1.807) is 6.20 Å². The molecule has 5 rings (SSSR count). The van der Waals surface area contributed by atoms with Crippen molar-refractivity contribution in [3.63, 3.8) is 0 Å². The number of hydrogen-bond acceptors (Lipinski definition) is 5. The molecule has 0 atom stereocenters. The third-order valence-corrected chi connectivity index (χ3v) is 6.88. The van der Waals surface area contributed by atoms with Crippen molar-refractivity contribution in [2.75, 3.05) is 0 Å². The summed E-state index contributed by atoms with van der Waals surface area (Å²) in [6.45, 7) is 0. The molecule has 0 aliphatic rings. The Labute approximate surface area is 185 Å². The second-order valence-electron chi connectivity index (χ2n) is 7.33. The highest BCUT2D eigenvalue weighted by Crippen LogP contribution is 2.35. The molecule has 0 amide bonds. The zero-order valence-corrected chi connectivity index (χ0v) is 17.8. The minimum atomic E-state index is -4.03. The van der Waals surface area contributed by atoms with Crippen LogP contribution in [0.25, 0.3) is 33.5 Å². The van der Waals surface area contributed by atoms with Crippen molar-refractivity contribution in [2.45, 2.75) is 10.9 Å². The first kappa shape index (κ1) is 20.9. The molecular formula is C21H15F3N6O2S. The minimum Gasteiger partial charge on any atom is -0.343 e. The molecule has 0 saturated carbocycles. The van der Waals surface area contributed by atoms with Gasteiger partial charge in [-0.2, -0.15) is 5.10 Å². The zero-order chi connectivity index (χ0) is 23.3. The van der Waals surface area contributed by atoms with Gasteiger partial charge in [-0.1, -0.05) is 12.1 Å². The van der Waals surface area contributed by atoms with Crippen LogP contribution in [0.3, 0.4) is 0 Å². The van der Waals surface area contributed by atoms with Crippen LogP contribution in [-0.2, 0) is 22.6 Å². The van der Waals surface area contributed by atoms with Gasteiger partial charge in [0.05, 0.1) is 11.3 Å². The Morgan fingerprint density at radius 1 is 1.03 bits per heavy atom. The molecule has 168 valence electrons. The monoisotopic (exact) mass is 472 g/mol. The summed E-state index contributed by atoms with van der Waals surface area (Å²) in [6.07, 6.45) is 5.83. The molecule has 33 heavy (non-hydrogen) atoms. The number of aromatic nitrogens is 6. The van der Waals surface area contributed by atoms with E-state index in [0.717, 1.165) is 12.1 Å². The summed E-state index contributed by atoms with van der Waals surface area (Å²) < 4.78 is 72.0. The molecule has 2 N–H and O–H groups in total. The average Bonchev–Trinajstić information content (AvgIpc) is 3.52. The van der Waals surface area contributed by atoms with E-state index in [0.29, 0.717) is 16.9 Å². The van der Waals surface area contributed by atoms with Crippen molar-refractivity contribution in [3.8, 4) is 22.6 Å². The second-order valence-corrected chi connectivity index (χ2v) is 9.22. The number of benzene rings is 2. The summed E-state index contributed by atoms with van der Waals surface area (Å²) in [6, 6.07) is 4.61. The summed E-state index contributed by atoms with van der Waals surface area (Å²) in [7, 11) is -2.55. The molecule has 0 aliphatic heterocycles. The summed E-state index contributed by atoms with van der Waals surface area (Å²) in [5, 5.41) is 6.70. The number of rotatable bonds is 5.